The van der Waals surface area contributed by atoms with Crippen LogP contribution in [0.2, 0.25) is 0 Å². The minimum Gasteiger partial charge on any atom is -0.342 e. The maximum Gasteiger partial charge on any atom is 0.228 e. The van der Waals surface area contributed by atoms with Gasteiger partial charge in [-0.15, -0.1) is 0 Å². The third kappa shape index (κ3) is 4.66. The van der Waals surface area contributed by atoms with Crippen molar-refractivity contribution in [1.82, 2.24) is 30.1 Å². The molecule has 1 amide bonds. The van der Waals surface area contributed by atoms with Gasteiger partial charge >= 0.3 is 0 Å². The van der Waals surface area contributed by atoms with Gasteiger partial charge in [0.15, 0.2) is 5.82 Å². The van der Waals surface area contributed by atoms with Crippen molar-refractivity contribution in [3.05, 3.63) is 29.7 Å². The molecule has 3 heterocycles. The number of likely N-dealkylation sites (tertiary alicyclic amines) is 1. The molecule has 2 aromatic heterocycles. The molecule has 1 saturated heterocycles. The van der Waals surface area contributed by atoms with E-state index in [0.717, 1.165) is 50.4 Å². The lowest BCUT2D eigenvalue weighted by Gasteiger charge is -2.28. The summed E-state index contributed by atoms with van der Waals surface area (Å²) in [5, 5.41) is 10.8. The lowest BCUT2D eigenvalue weighted by atomic mass is 10.1. The monoisotopic (exact) mass is 346 g/mol. The summed E-state index contributed by atoms with van der Waals surface area (Å²) in [6.45, 7) is 7.20. The number of aryl methyl sites for hydroxylation is 1. The number of H-pyrrole nitrogens is 1. The second-order valence-corrected chi connectivity index (χ2v) is 6.52. The number of hydrogen-bond donors (Lipinski definition) is 1. The Labute approximate surface area is 147 Å². The quantitative estimate of drug-likeness (QED) is 0.853. The minimum absolute atomic E-state index is 0.168. The molecule has 3 rings (SSSR count). The number of amides is 1. The van der Waals surface area contributed by atoms with Crippen LogP contribution in [-0.2, 0) is 17.8 Å². The van der Waals surface area contributed by atoms with Crippen molar-refractivity contribution in [1.29, 1.82) is 0 Å². The summed E-state index contributed by atoms with van der Waals surface area (Å²) in [5.41, 5.74) is 0.869. The van der Waals surface area contributed by atoms with E-state index in [0.29, 0.717) is 24.9 Å². The zero-order chi connectivity index (χ0) is 17.6. The number of nitrogens with one attached hydrogen (secondary N) is 1. The minimum atomic E-state index is 0.168. The van der Waals surface area contributed by atoms with E-state index >= 15 is 0 Å². The van der Waals surface area contributed by atoms with Crippen LogP contribution in [0.3, 0.4) is 0 Å². The van der Waals surface area contributed by atoms with Crippen LogP contribution in [0.1, 0.15) is 43.6 Å². The number of carbonyl (C=O) groups is 1. The summed E-state index contributed by atoms with van der Waals surface area (Å²) in [5.74, 6) is 1.50. The van der Waals surface area contributed by atoms with Crippen molar-refractivity contribution >= 4 is 5.91 Å². The van der Waals surface area contributed by atoms with Gasteiger partial charge in [0.05, 0.1) is 13.0 Å². The zero-order valence-electron chi connectivity index (χ0n) is 14.9. The van der Waals surface area contributed by atoms with Gasteiger partial charge < -0.3 is 9.42 Å². The van der Waals surface area contributed by atoms with Crippen molar-refractivity contribution < 1.29 is 9.32 Å². The smallest absolute Gasteiger partial charge is 0.228 e. The molecular weight excluding hydrogens is 320 g/mol. The van der Waals surface area contributed by atoms with E-state index in [-0.39, 0.29) is 5.91 Å². The predicted molar refractivity (Wildman–Crippen MR) is 91.6 cm³/mol. The Balaban J connectivity index is 1.55. The molecule has 8 nitrogen and oxygen atoms in total. The molecule has 1 aliphatic heterocycles. The van der Waals surface area contributed by atoms with E-state index in [2.05, 4.69) is 32.2 Å². The van der Waals surface area contributed by atoms with E-state index in [1.54, 1.807) is 6.20 Å². The Hall–Kier alpha value is -2.22. The van der Waals surface area contributed by atoms with Gasteiger partial charge in [0.1, 0.15) is 0 Å². The first kappa shape index (κ1) is 17.6. The highest BCUT2D eigenvalue weighted by molar-refractivity contribution is 5.78. The number of rotatable bonds is 6. The fourth-order valence-corrected chi connectivity index (χ4v) is 3.44. The van der Waals surface area contributed by atoms with E-state index in [9.17, 15) is 4.79 Å². The highest BCUT2D eigenvalue weighted by Crippen LogP contribution is 2.19. The molecule has 0 unspecified atom stereocenters. The third-order valence-corrected chi connectivity index (χ3v) is 4.79. The maximum atomic E-state index is 12.5. The lowest BCUT2D eigenvalue weighted by Crippen LogP contribution is -2.37. The van der Waals surface area contributed by atoms with Crippen LogP contribution in [0.25, 0.3) is 0 Å². The molecule has 2 aromatic rings. The van der Waals surface area contributed by atoms with Gasteiger partial charge in [0.25, 0.3) is 0 Å². The summed E-state index contributed by atoms with van der Waals surface area (Å²) in [7, 11) is 0. The molecule has 1 N–H and O–H groups in total. The fourth-order valence-electron chi connectivity index (χ4n) is 3.44. The zero-order valence-corrected chi connectivity index (χ0v) is 14.9. The van der Waals surface area contributed by atoms with Crippen LogP contribution in [0.5, 0.6) is 0 Å². The van der Waals surface area contributed by atoms with Crippen molar-refractivity contribution in [2.24, 2.45) is 0 Å². The van der Waals surface area contributed by atoms with Gasteiger partial charge in [-0.1, -0.05) is 12.1 Å². The van der Waals surface area contributed by atoms with Gasteiger partial charge in [-0.25, -0.2) is 0 Å². The van der Waals surface area contributed by atoms with Gasteiger partial charge in [0, 0.05) is 37.9 Å². The van der Waals surface area contributed by atoms with Crippen LogP contribution < -0.4 is 0 Å². The molecule has 0 spiro atoms. The molecule has 0 aliphatic carbocycles. The number of carbonyl (C=O) groups excluding carboxylic acids is 1. The second kappa shape index (κ2) is 8.24. The Bertz CT molecular complexity index is 668. The topological polar surface area (TPSA) is 91.2 Å². The summed E-state index contributed by atoms with van der Waals surface area (Å²) in [6.07, 6.45) is 5.14. The first-order valence-corrected chi connectivity index (χ1v) is 8.95. The number of nitrogens with zero attached hydrogens (tertiary/aromatic N) is 5. The lowest BCUT2D eigenvalue weighted by molar-refractivity contribution is -0.130. The van der Waals surface area contributed by atoms with E-state index in [1.807, 2.05) is 17.9 Å². The first-order valence-electron chi connectivity index (χ1n) is 8.95. The fraction of sp³-hybridized carbons (Fsp3) is 0.647. The van der Waals surface area contributed by atoms with Crippen LogP contribution in [0, 0.1) is 6.92 Å². The normalized spacial score (nSPS) is 18.5. The molecule has 1 atom stereocenters. The Morgan fingerprint density at radius 2 is 2.32 bits per heavy atom. The molecular formula is C17H26N6O2. The molecule has 0 radical (unpaired) electrons. The van der Waals surface area contributed by atoms with E-state index in [1.165, 1.54) is 0 Å². The first-order chi connectivity index (χ1) is 12.2. The van der Waals surface area contributed by atoms with Gasteiger partial charge in [-0.05, 0) is 31.9 Å². The molecule has 25 heavy (non-hydrogen) atoms. The largest absolute Gasteiger partial charge is 0.342 e. The average Bonchev–Trinajstić information content (AvgIpc) is 3.18. The molecule has 0 saturated carbocycles. The summed E-state index contributed by atoms with van der Waals surface area (Å²) in [4.78, 5) is 21.2. The summed E-state index contributed by atoms with van der Waals surface area (Å²) in [6, 6.07) is 2.29. The Kier molecular flexibility index (Phi) is 5.80. The van der Waals surface area contributed by atoms with E-state index < -0.39 is 0 Å². The molecule has 1 aliphatic rings. The number of hydrogen-bond acceptors (Lipinski definition) is 6. The van der Waals surface area contributed by atoms with Crippen LogP contribution >= 0.6 is 0 Å². The molecule has 0 bridgehead atoms. The SMILES string of the molecule is CCN(Cc1noc(C)n1)[C@H]1CCCN(C(=O)Cc2ccn[nH]2)CC1. The van der Waals surface area contributed by atoms with E-state index in [4.69, 9.17) is 4.52 Å². The molecule has 1 fully saturated rings. The Morgan fingerprint density at radius 1 is 1.44 bits per heavy atom. The standard InChI is InChI=1S/C17H26N6O2/c1-3-22(12-16-19-13(2)25-21-16)15-5-4-9-23(10-7-15)17(24)11-14-6-8-18-20-14/h6,8,15H,3-5,7,9-12H2,1-2H3,(H,18,20)/t15-/m0/s1. The number of aromatic amines is 1. The van der Waals surface area contributed by atoms with Crippen molar-refractivity contribution in [2.75, 3.05) is 19.6 Å². The molecule has 136 valence electrons. The van der Waals surface area contributed by atoms with Gasteiger partial charge in [-0.3, -0.25) is 14.8 Å². The van der Waals surface area contributed by atoms with Gasteiger partial charge in [-0.2, -0.15) is 10.1 Å². The summed E-state index contributed by atoms with van der Waals surface area (Å²) >= 11 is 0. The third-order valence-electron chi connectivity index (χ3n) is 4.79. The van der Waals surface area contributed by atoms with Crippen LogP contribution in [-0.4, -0.2) is 61.7 Å². The highest BCUT2D eigenvalue weighted by atomic mass is 16.5. The van der Waals surface area contributed by atoms with Crippen LogP contribution in [0.15, 0.2) is 16.8 Å². The molecule has 8 heteroatoms. The van der Waals surface area contributed by atoms with Crippen molar-refractivity contribution in [3.8, 4) is 0 Å². The van der Waals surface area contributed by atoms with Crippen LogP contribution in [0.4, 0.5) is 0 Å². The highest BCUT2D eigenvalue weighted by Gasteiger charge is 2.25. The summed E-state index contributed by atoms with van der Waals surface area (Å²) < 4.78 is 5.07. The molecule has 0 aromatic carbocycles. The Morgan fingerprint density at radius 3 is 3.00 bits per heavy atom. The van der Waals surface area contributed by atoms with Crippen molar-refractivity contribution in [3.63, 3.8) is 0 Å². The van der Waals surface area contributed by atoms with Gasteiger partial charge in [0.2, 0.25) is 11.8 Å². The average molecular weight is 346 g/mol. The maximum absolute atomic E-state index is 12.5. The second-order valence-electron chi connectivity index (χ2n) is 6.52. The number of aromatic nitrogens is 4. The predicted octanol–water partition coefficient (Wildman–Crippen LogP) is 1.55. The van der Waals surface area contributed by atoms with Crippen molar-refractivity contribution in [2.45, 2.75) is 52.1 Å².